The van der Waals surface area contributed by atoms with Crippen molar-refractivity contribution in [1.82, 2.24) is 5.43 Å². The minimum absolute atomic E-state index is 0.210. The summed E-state index contributed by atoms with van der Waals surface area (Å²) in [5, 5.41) is 6.74. The summed E-state index contributed by atoms with van der Waals surface area (Å²) in [7, 11) is 3.86. The molecular weight excluding hydrogens is 419 g/mol. The van der Waals surface area contributed by atoms with Gasteiger partial charge in [0, 0.05) is 34.5 Å². The van der Waals surface area contributed by atoms with Crippen LogP contribution in [0.2, 0.25) is 0 Å². The largest absolute Gasteiger partial charge is 0.378 e. The van der Waals surface area contributed by atoms with Crippen LogP contribution < -0.4 is 15.6 Å². The van der Waals surface area contributed by atoms with Crippen LogP contribution in [0.5, 0.6) is 0 Å². The lowest BCUT2D eigenvalue weighted by Gasteiger charge is -2.12. The van der Waals surface area contributed by atoms with Gasteiger partial charge < -0.3 is 10.2 Å². The SMILES string of the molecule is CN(C)c1ccc(C(=O)N/N=C2/C(=O)Nc3ccc(I)cc32)cc1. The van der Waals surface area contributed by atoms with Gasteiger partial charge in [0.1, 0.15) is 0 Å². The molecule has 1 aliphatic heterocycles. The van der Waals surface area contributed by atoms with Crippen molar-refractivity contribution >= 4 is 51.5 Å². The summed E-state index contributed by atoms with van der Waals surface area (Å²) in [5.74, 6) is -0.685. The zero-order chi connectivity index (χ0) is 17.3. The maximum absolute atomic E-state index is 12.2. The molecule has 0 spiro atoms. The Bertz CT molecular complexity index is 844. The second-order valence-electron chi connectivity index (χ2n) is 5.49. The number of nitrogens with one attached hydrogen (secondary N) is 2. The molecule has 0 aromatic heterocycles. The number of rotatable bonds is 3. The van der Waals surface area contributed by atoms with Crippen LogP contribution in [0.25, 0.3) is 0 Å². The highest BCUT2D eigenvalue weighted by molar-refractivity contribution is 14.1. The van der Waals surface area contributed by atoms with Gasteiger partial charge in [0.15, 0.2) is 5.71 Å². The van der Waals surface area contributed by atoms with E-state index in [4.69, 9.17) is 0 Å². The number of hydrazone groups is 1. The van der Waals surface area contributed by atoms with Crippen LogP contribution in [-0.4, -0.2) is 31.6 Å². The first-order valence-electron chi connectivity index (χ1n) is 7.22. The first-order chi connectivity index (χ1) is 11.5. The van der Waals surface area contributed by atoms with Crippen LogP contribution in [0.1, 0.15) is 15.9 Å². The third-order valence-electron chi connectivity index (χ3n) is 3.62. The Morgan fingerprint density at radius 3 is 2.54 bits per heavy atom. The van der Waals surface area contributed by atoms with Crippen molar-refractivity contribution in [1.29, 1.82) is 0 Å². The van der Waals surface area contributed by atoms with E-state index in [-0.39, 0.29) is 17.5 Å². The monoisotopic (exact) mass is 434 g/mol. The third-order valence-corrected chi connectivity index (χ3v) is 4.29. The van der Waals surface area contributed by atoms with Gasteiger partial charge in [-0.2, -0.15) is 5.10 Å². The van der Waals surface area contributed by atoms with Crippen molar-refractivity contribution in [2.45, 2.75) is 0 Å². The van der Waals surface area contributed by atoms with Gasteiger partial charge in [-0.25, -0.2) is 5.43 Å². The molecule has 2 aromatic carbocycles. The maximum Gasteiger partial charge on any atom is 0.276 e. The maximum atomic E-state index is 12.2. The molecule has 0 aliphatic carbocycles. The van der Waals surface area contributed by atoms with E-state index in [0.717, 1.165) is 9.26 Å². The molecule has 0 fully saturated rings. The summed E-state index contributed by atoms with van der Waals surface area (Å²) in [6.07, 6.45) is 0. The van der Waals surface area contributed by atoms with Crippen molar-refractivity contribution in [2.24, 2.45) is 5.10 Å². The number of fused-ring (bicyclic) bond motifs is 1. The van der Waals surface area contributed by atoms with E-state index in [1.54, 1.807) is 12.1 Å². The second kappa shape index (κ2) is 6.60. The van der Waals surface area contributed by atoms with Crippen LogP contribution in [0, 0.1) is 3.57 Å². The zero-order valence-corrected chi connectivity index (χ0v) is 15.3. The summed E-state index contributed by atoms with van der Waals surface area (Å²) < 4.78 is 0.987. The topological polar surface area (TPSA) is 73.8 Å². The predicted octanol–water partition coefficient (Wildman–Crippen LogP) is 2.44. The fourth-order valence-electron chi connectivity index (χ4n) is 2.32. The van der Waals surface area contributed by atoms with Crippen LogP contribution >= 0.6 is 22.6 Å². The molecule has 7 heteroatoms. The predicted molar refractivity (Wildman–Crippen MR) is 103 cm³/mol. The zero-order valence-electron chi connectivity index (χ0n) is 13.1. The number of halogens is 1. The van der Waals surface area contributed by atoms with Crippen LogP contribution in [0.15, 0.2) is 47.6 Å². The van der Waals surface area contributed by atoms with Crippen molar-refractivity contribution in [3.63, 3.8) is 0 Å². The number of hydrogen-bond donors (Lipinski definition) is 2. The summed E-state index contributed by atoms with van der Waals surface area (Å²) >= 11 is 2.16. The molecule has 0 saturated heterocycles. The molecular formula is C17H15IN4O2. The average molecular weight is 434 g/mol. The highest BCUT2D eigenvalue weighted by Gasteiger charge is 2.26. The van der Waals surface area contributed by atoms with Crippen molar-refractivity contribution in [3.05, 3.63) is 57.2 Å². The molecule has 1 heterocycles. The highest BCUT2D eigenvalue weighted by atomic mass is 127. The van der Waals surface area contributed by atoms with Gasteiger partial charge in [-0.15, -0.1) is 0 Å². The second-order valence-corrected chi connectivity index (χ2v) is 6.73. The number of amides is 2. The molecule has 0 saturated carbocycles. The number of nitrogens with zero attached hydrogens (tertiary/aromatic N) is 2. The normalized spacial score (nSPS) is 14.3. The molecule has 0 atom stereocenters. The van der Waals surface area contributed by atoms with Crippen LogP contribution in [0.3, 0.4) is 0 Å². The molecule has 24 heavy (non-hydrogen) atoms. The lowest BCUT2D eigenvalue weighted by Crippen LogP contribution is -2.23. The number of anilines is 2. The van der Waals surface area contributed by atoms with Gasteiger partial charge >= 0.3 is 0 Å². The van der Waals surface area contributed by atoms with Crippen molar-refractivity contribution < 1.29 is 9.59 Å². The Balaban J connectivity index is 1.79. The Morgan fingerprint density at radius 1 is 1.17 bits per heavy atom. The Hall–Kier alpha value is -2.42. The van der Waals surface area contributed by atoms with Gasteiger partial charge in [0.25, 0.3) is 11.8 Å². The summed E-state index contributed by atoms with van der Waals surface area (Å²) in [6.45, 7) is 0. The van der Waals surface area contributed by atoms with Gasteiger partial charge in [0.05, 0.1) is 5.69 Å². The van der Waals surface area contributed by atoms with Gasteiger partial charge in [-0.3, -0.25) is 9.59 Å². The van der Waals surface area contributed by atoms with E-state index >= 15 is 0 Å². The lowest BCUT2D eigenvalue weighted by molar-refractivity contribution is -0.110. The first kappa shape index (κ1) is 16.4. The van der Waals surface area contributed by atoms with E-state index in [0.29, 0.717) is 16.8 Å². The summed E-state index contributed by atoms with van der Waals surface area (Å²) in [6, 6.07) is 12.7. The number of carbonyl (C=O) groups is 2. The lowest BCUT2D eigenvalue weighted by atomic mass is 10.1. The number of hydrogen-bond acceptors (Lipinski definition) is 4. The molecule has 1 aliphatic rings. The van der Waals surface area contributed by atoms with E-state index < -0.39 is 0 Å². The van der Waals surface area contributed by atoms with Crippen LogP contribution in [-0.2, 0) is 4.79 Å². The molecule has 122 valence electrons. The Kier molecular flexibility index (Phi) is 4.52. The fraction of sp³-hybridized carbons (Fsp3) is 0.118. The molecule has 0 unspecified atom stereocenters. The summed E-state index contributed by atoms with van der Waals surface area (Å²) in [5.41, 5.74) is 5.53. The van der Waals surface area contributed by atoms with E-state index in [1.807, 2.05) is 49.3 Å². The molecule has 0 radical (unpaired) electrons. The molecule has 2 N–H and O–H groups in total. The average Bonchev–Trinajstić information content (AvgIpc) is 2.87. The Labute approximate surface area is 153 Å². The minimum Gasteiger partial charge on any atom is -0.378 e. The van der Waals surface area contributed by atoms with E-state index in [2.05, 4.69) is 38.4 Å². The molecule has 3 rings (SSSR count). The van der Waals surface area contributed by atoms with E-state index in [1.165, 1.54) is 0 Å². The fourth-order valence-corrected chi connectivity index (χ4v) is 2.81. The quantitative estimate of drug-likeness (QED) is 0.576. The molecule has 2 aromatic rings. The third kappa shape index (κ3) is 3.25. The van der Waals surface area contributed by atoms with Gasteiger partial charge in [0.2, 0.25) is 0 Å². The van der Waals surface area contributed by atoms with Gasteiger partial charge in [-0.1, -0.05) is 0 Å². The van der Waals surface area contributed by atoms with Crippen molar-refractivity contribution in [2.75, 3.05) is 24.3 Å². The van der Waals surface area contributed by atoms with Crippen molar-refractivity contribution in [3.8, 4) is 0 Å². The first-order valence-corrected chi connectivity index (χ1v) is 8.30. The van der Waals surface area contributed by atoms with Gasteiger partial charge in [-0.05, 0) is 65.1 Å². The van der Waals surface area contributed by atoms with Crippen LogP contribution in [0.4, 0.5) is 11.4 Å². The van der Waals surface area contributed by atoms with E-state index in [9.17, 15) is 9.59 Å². The Morgan fingerprint density at radius 2 is 1.88 bits per heavy atom. The molecule has 0 bridgehead atoms. The summed E-state index contributed by atoms with van der Waals surface area (Å²) in [4.78, 5) is 26.2. The smallest absolute Gasteiger partial charge is 0.276 e. The molecule has 6 nitrogen and oxygen atoms in total. The molecule has 2 amide bonds. The standard InChI is InChI=1S/C17H15IN4O2/c1-22(2)12-6-3-10(4-7-12)16(23)21-20-15-13-9-11(18)5-8-14(13)19-17(15)24/h3-9H,1-2H3,(H,21,23)(H,19,20,24). The number of carbonyl (C=O) groups excluding carboxylic acids is 2. The highest BCUT2D eigenvalue weighted by Crippen LogP contribution is 2.25. The number of benzene rings is 2. The minimum atomic E-state index is -0.361.